The molecule has 1 aromatic rings. The number of nitrogen functional groups attached to an aromatic ring is 1. The van der Waals surface area contributed by atoms with E-state index in [1.54, 1.807) is 6.92 Å². The van der Waals surface area contributed by atoms with Gasteiger partial charge >= 0.3 is 5.97 Å². The first-order valence-corrected chi connectivity index (χ1v) is 5.63. The van der Waals surface area contributed by atoms with Gasteiger partial charge in [0.15, 0.2) is 0 Å². The fraction of sp³-hybridized carbons (Fsp3) is 0.300. The molecule has 0 saturated carbocycles. The molecule has 0 unspecified atom stereocenters. The molecule has 0 fully saturated rings. The first-order chi connectivity index (χ1) is 7.97. The van der Waals surface area contributed by atoms with Crippen LogP contribution in [0.5, 0.6) is 0 Å². The molecule has 0 radical (unpaired) electrons. The average molecular weight is 303 g/mol. The van der Waals surface area contributed by atoms with Crippen molar-refractivity contribution in [2.45, 2.75) is 13.3 Å². The van der Waals surface area contributed by atoms with Crippen LogP contribution in [0.1, 0.15) is 12.5 Å². The quantitative estimate of drug-likeness (QED) is 0.397. The lowest BCUT2D eigenvalue weighted by molar-refractivity contribution is -0.383. The van der Waals surface area contributed by atoms with Crippen LogP contribution in [0.25, 0.3) is 0 Å². The highest BCUT2D eigenvalue weighted by Gasteiger charge is 2.19. The molecule has 0 aliphatic rings. The number of esters is 1. The van der Waals surface area contributed by atoms with Gasteiger partial charge in [-0.3, -0.25) is 14.9 Å². The van der Waals surface area contributed by atoms with E-state index in [1.807, 2.05) is 0 Å². The summed E-state index contributed by atoms with van der Waals surface area (Å²) in [4.78, 5) is 21.4. The molecule has 0 bridgehead atoms. The van der Waals surface area contributed by atoms with Crippen LogP contribution in [0, 0.1) is 10.1 Å². The number of carbonyl (C=O) groups excluding carboxylic acids is 1. The maximum Gasteiger partial charge on any atom is 0.310 e. The topological polar surface area (TPSA) is 95.5 Å². The Kier molecular flexibility index (Phi) is 4.45. The maximum absolute atomic E-state index is 11.3. The van der Waals surface area contributed by atoms with Gasteiger partial charge in [0, 0.05) is 16.1 Å². The van der Waals surface area contributed by atoms with Crippen LogP contribution in [0.15, 0.2) is 16.6 Å². The van der Waals surface area contributed by atoms with E-state index in [0.29, 0.717) is 10.0 Å². The Hall–Kier alpha value is -1.63. The van der Waals surface area contributed by atoms with Crippen LogP contribution >= 0.6 is 15.9 Å². The summed E-state index contributed by atoms with van der Waals surface area (Å²) < 4.78 is 5.32. The van der Waals surface area contributed by atoms with Gasteiger partial charge in [0.2, 0.25) is 0 Å². The van der Waals surface area contributed by atoms with Crippen LogP contribution in [0.4, 0.5) is 11.4 Å². The number of nitrogens with two attached hydrogens (primary N) is 1. The van der Waals surface area contributed by atoms with Gasteiger partial charge in [-0.15, -0.1) is 0 Å². The Morgan fingerprint density at radius 2 is 2.24 bits per heavy atom. The van der Waals surface area contributed by atoms with E-state index in [0.717, 1.165) is 0 Å². The zero-order chi connectivity index (χ0) is 13.0. The molecule has 0 aromatic heterocycles. The smallest absolute Gasteiger partial charge is 0.310 e. The lowest BCUT2D eigenvalue weighted by atomic mass is 10.1. The Balaban J connectivity index is 3.09. The molecule has 92 valence electrons. The van der Waals surface area contributed by atoms with E-state index < -0.39 is 10.9 Å². The summed E-state index contributed by atoms with van der Waals surface area (Å²) >= 11 is 3.20. The normalized spacial score (nSPS) is 10.0. The van der Waals surface area contributed by atoms with Gasteiger partial charge in [-0.05, 0) is 13.0 Å². The standard InChI is InChI=1S/C10H11BrN2O4/c1-2-17-9(14)5-6-7(11)3-4-8(10(6)12)13(15)16/h3-4H,2,5,12H2,1H3. The third kappa shape index (κ3) is 3.16. The maximum atomic E-state index is 11.3. The van der Waals surface area contributed by atoms with Gasteiger partial charge in [-0.2, -0.15) is 0 Å². The van der Waals surface area contributed by atoms with E-state index in [4.69, 9.17) is 10.5 Å². The molecule has 0 amide bonds. The molecule has 6 nitrogen and oxygen atoms in total. The Bertz CT molecular complexity index is 462. The number of carbonyl (C=O) groups is 1. The fourth-order valence-corrected chi connectivity index (χ4v) is 1.81. The average Bonchev–Trinajstić information content (AvgIpc) is 2.24. The molecular weight excluding hydrogens is 292 g/mol. The van der Waals surface area contributed by atoms with Crippen molar-refractivity contribution in [3.63, 3.8) is 0 Å². The minimum absolute atomic E-state index is 0.0163. The Morgan fingerprint density at radius 1 is 1.59 bits per heavy atom. The monoisotopic (exact) mass is 302 g/mol. The summed E-state index contributed by atoms with van der Waals surface area (Å²) in [5.74, 6) is -0.472. The first-order valence-electron chi connectivity index (χ1n) is 4.84. The lowest BCUT2D eigenvalue weighted by Gasteiger charge is -2.08. The van der Waals surface area contributed by atoms with Crippen molar-refractivity contribution >= 4 is 33.3 Å². The number of ether oxygens (including phenoxy) is 1. The van der Waals surface area contributed by atoms with Crippen LogP contribution in [-0.4, -0.2) is 17.5 Å². The molecule has 0 saturated heterocycles. The number of nitro groups is 1. The first kappa shape index (κ1) is 13.4. The number of rotatable bonds is 4. The van der Waals surface area contributed by atoms with Crippen molar-refractivity contribution in [3.8, 4) is 0 Å². The molecule has 7 heteroatoms. The number of hydrogen-bond acceptors (Lipinski definition) is 5. The molecule has 0 atom stereocenters. The van der Waals surface area contributed by atoms with E-state index in [-0.39, 0.29) is 24.4 Å². The predicted octanol–water partition coefficient (Wildman–Crippen LogP) is 2.05. The second kappa shape index (κ2) is 5.62. The van der Waals surface area contributed by atoms with Crippen molar-refractivity contribution in [3.05, 3.63) is 32.3 Å². The summed E-state index contributed by atoms with van der Waals surface area (Å²) in [7, 11) is 0. The van der Waals surface area contributed by atoms with Gasteiger partial charge in [0.05, 0.1) is 18.0 Å². The summed E-state index contributed by atoms with van der Waals surface area (Å²) in [6.07, 6.45) is -0.0953. The van der Waals surface area contributed by atoms with E-state index in [9.17, 15) is 14.9 Å². The SMILES string of the molecule is CCOC(=O)Cc1c(Br)ccc([N+](=O)[O-])c1N. The fourth-order valence-electron chi connectivity index (χ4n) is 1.32. The summed E-state index contributed by atoms with van der Waals surface area (Å²) in [6.45, 7) is 1.94. The van der Waals surface area contributed by atoms with Crippen molar-refractivity contribution in [1.82, 2.24) is 0 Å². The molecule has 0 spiro atoms. The molecule has 0 heterocycles. The molecule has 1 aromatic carbocycles. The largest absolute Gasteiger partial charge is 0.466 e. The van der Waals surface area contributed by atoms with E-state index in [2.05, 4.69) is 15.9 Å². The Morgan fingerprint density at radius 3 is 2.76 bits per heavy atom. The molecule has 1 rings (SSSR count). The van der Waals surface area contributed by atoms with Crippen LogP contribution in [0.3, 0.4) is 0 Å². The highest BCUT2D eigenvalue weighted by atomic mass is 79.9. The van der Waals surface area contributed by atoms with Crippen LogP contribution in [-0.2, 0) is 16.0 Å². The predicted molar refractivity (Wildman–Crippen MR) is 65.5 cm³/mol. The highest BCUT2D eigenvalue weighted by molar-refractivity contribution is 9.10. The van der Waals surface area contributed by atoms with Gasteiger partial charge in [-0.1, -0.05) is 15.9 Å². The zero-order valence-corrected chi connectivity index (χ0v) is 10.7. The zero-order valence-electron chi connectivity index (χ0n) is 9.10. The molecule has 2 N–H and O–H groups in total. The number of benzene rings is 1. The summed E-state index contributed by atoms with van der Waals surface area (Å²) in [5, 5.41) is 10.7. The molecule has 17 heavy (non-hydrogen) atoms. The second-order valence-corrected chi connectivity index (χ2v) is 4.05. The van der Waals surface area contributed by atoms with Crippen molar-refractivity contribution in [2.24, 2.45) is 0 Å². The number of nitrogens with zero attached hydrogens (tertiary/aromatic N) is 1. The van der Waals surface area contributed by atoms with Crippen LogP contribution in [0.2, 0.25) is 0 Å². The lowest BCUT2D eigenvalue weighted by Crippen LogP contribution is -2.10. The van der Waals surface area contributed by atoms with Crippen molar-refractivity contribution in [2.75, 3.05) is 12.3 Å². The van der Waals surface area contributed by atoms with Gasteiger partial charge < -0.3 is 10.5 Å². The number of anilines is 1. The number of nitro benzene ring substituents is 1. The third-order valence-electron chi connectivity index (χ3n) is 2.10. The third-order valence-corrected chi connectivity index (χ3v) is 2.84. The highest BCUT2D eigenvalue weighted by Crippen LogP contribution is 2.31. The van der Waals surface area contributed by atoms with Gasteiger partial charge in [0.25, 0.3) is 5.69 Å². The number of hydrogen-bond donors (Lipinski definition) is 1. The van der Waals surface area contributed by atoms with E-state index in [1.165, 1.54) is 12.1 Å². The molecule has 0 aliphatic heterocycles. The number of halogens is 1. The van der Waals surface area contributed by atoms with Crippen molar-refractivity contribution < 1.29 is 14.5 Å². The van der Waals surface area contributed by atoms with Crippen LogP contribution < -0.4 is 5.73 Å². The van der Waals surface area contributed by atoms with Crippen molar-refractivity contribution in [1.29, 1.82) is 0 Å². The molecule has 0 aliphatic carbocycles. The summed E-state index contributed by atoms with van der Waals surface area (Å²) in [5.41, 5.74) is 5.79. The van der Waals surface area contributed by atoms with Gasteiger partial charge in [-0.25, -0.2) is 0 Å². The van der Waals surface area contributed by atoms with E-state index >= 15 is 0 Å². The Labute approximate surface area is 106 Å². The molecular formula is C10H11BrN2O4. The summed E-state index contributed by atoms with van der Waals surface area (Å²) in [6, 6.07) is 2.77. The van der Waals surface area contributed by atoms with Gasteiger partial charge in [0.1, 0.15) is 5.69 Å². The minimum atomic E-state index is -0.587. The second-order valence-electron chi connectivity index (χ2n) is 3.20. The minimum Gasteiger partial charge on any atom is -0.466 e.